The molecule has 3 heterocycles. The summed E-state index contributed by atoms with van der Waals surface area (Å²) in [7, 11) is 0. The minimum atomic E-state index is -1.17. The lowest BCUT2D eigenvalue weighted by Crippen LogP contribution is -2.46. The summed E-state index contributed by atoms with van der Waals surface area (Å²) in [6.45, 7) is 10.3. The zero-order valence-corrected chi connectivity index (χ0v) is 17.5. The van der Waals surface area contributed by atoms with Crippen molar-refractivity contribution in [2.45, 2.75) is 32.4 Å². The van der Waals surface area contributed by atoms with E-state index in [4.69, 9.17) is 13.6 Å². The van der Waals surface area contributed by atoms with Crippen LogP contribution in [0.5, 0.6) is 0 Å². The van der Waals surface area contributed by atoms with Crippen LogP contribution in [0.4, 0.5) is 0 Å². The molecule has 1 saturated heterocycles. The molecule has 2 aromatic heterocycles. The highest BCUT2D eigenvalue weighted by Gasteiger charge is 2.27. The molecule has 2 atom stereocenters. The standard InChI is InChI=1S/C21H32N4O4/c1-4-22-20(24-15-21(3,26)19-6-5-11-28-19)23-14-17(18-8-7-16(2)29-18)25-9-12-27-13-10-25/h5-8,11,17,26H,4,9-10,12-15H2,1-3H3,(H2,22,23,24). The average molecular weight is 405 g/mol. The Morgan fingerprint density at radius 1 is 1.28 bits per heavy atom. The molecule has 0 bridgehead atoms. The second-order valence-corrected chi connectivity index (χ2v) is 7.44. The Morgan fingerprint density at radius 3 is 2.69 bits per heavy atom. The Hall–Kier alpha value is -2.29. The molecule has 0 saturated carbocycles. The van der Waals surface area contributed by atoms with Crippen LogP contribution < -0.4 is 10.6 Å². The second kappa shape index (κ2) is 9.96. The van der Waals surface area contributed by atoms with Crippen LogP contribution in [0, 0.1) is 6.92 Å². The predicted octanol–water partition coefficient (Wildman–Crippen LogP) is 2.02. The van der Waals surface area contributed by atoms with Crippen molar-refractivity contribution in [1.29, 1.82) is 0 Å². The first-order chi connectivity index (χ1) is 14.0. The predicted molar refractivity (Wildman–Crippen MR) is 111 cm³/mol. The van der Waals surface area contributed by atoms with Gasteiger partial charge in [-0.2, -0.15) is 0 Å². The van der Waals surface area contributed by atoms with E-state index in [1.165, 1.54) is 0 Å². The van der Waals surface area contributed by atoms with Crippen molar-refractivity contribution < 1.29 is 18.7 Å². The van der Waals surface area contributed by atoms with Crippen molar-refractivity contribution in [3.05, 3.63) is 47.8 Å². The smallest absolute Gasteiger partial charge is 0.191 e. The first-order valence-electron chi connectivity index (χ1n) is 10.2. The van der Waals surface area contributed by atoms with Gasteiger partial charge in [-0.05, 0) is 45.0 Å². The first kappa shape index (κ1) is 21.4. The number of nitrogens with one attached hydrogen (secondary N) is 2. The maximum atomic E-state index is 10.7. The molecule has 160 valence electrons. The van der Waals surface area contributed by atoms with Gasteiger partial charge in [0.2, 0.25) is 0 Å². The van der Waals surface area contributed by atoms with Crippen molar-refractivity contribution in [1.82, 2.24) is 15.5 Å². The second-order valence-electron chi connectivity index (χ2n) is 7.44. The molecule has 3 rings (SSSR count). The Labute approximate surface area is 171 Å². The zero-order chi connectivity index (χ0) is 20.7. The lowest BCUT2D eigenvalue weighted by Gasteiger charge is -2.33. The van der Waals surface area contributed by atoms with Gasteiger partial charge in [0, 0.05) is 26.2 Å². The highest BCUT2D eigenvalue weighted by molar-refractivity contribution is 5.79. The normalized spacial score (nSPS) is 19.0. The van der Waals surface area contributed by atoms with Crippen molar-refractivity contribution in [2.24, 2.45) is 4.99 Å². The Bertz CT molecular complexity index is 764. The summed E-state index contributed by atoms with van der Waals surface area (Å²) < 4.78 is 16.8. The third-order valence-electron chi connectivity index (χ3n) is 4.98. The molecule has 0 radical (unpaired) electrons. The first-order valence-corrected chi connectivity index (χ1v) is 10.2. The summed E-state index contributed by atoms with van der Waals surface area (Å²) >= 11 is 0. The van der Waals surface area contributed by atoms with Gasteiger partial charge in [0.05, 0.1) is 32.1 Å². The molecule has 0 aliphatic carbocycles. The highest BCUT2D eigenvalue weighted by atomic mass is 16.5. The number of morpholine rings is 1. The van der Waals surface area contributed by atoms with E-state index in [1.54, 1.807) is 25.3 Å². The van der Waals surface area contributed by atoms with Gasteiger partial charge >= 0.3 is 0 Å². The topological polar surface area (TPSA) is 95.4 Å². The molecule has 1 fully saturated rings. The van der Waals surface area contributed by atoms with Crippen LogP contribution in [0.1, 0.15) is 37.2 Å². The molecule has 0 spiro atoms. The molecule has 1 aliphatic rings. The molecule has 3 N–H and O–H groups in total. The number of nitrogens with zero attached hydrogens (tertiary/aromatic N) is 2. The lowest BCUT2D eigenvalue weighted by molar-refractivity contribution is 0.0124. The summed E-state index contributed by atoms with van der Waals surface area (Å²) in [5, 5.41) is 17.3. The molecule has 0 aromatic carbocycles. The molecule has 8 heteroatoms. The molecule has 0 amide bonds. The molecule has 1 aliphatic heterocycles. The minimum absolute atomic E-state index is 0.0713. The van der Waals surface area contributed by atoms with E-state index < -0.39 is 5.60 Å². The van der Waals surface area contributed by atoms with Crippen LogP contribution in [0.25, 0.3) is 0 Å². The van der Waals surface area contributed by atoms with Gasteiger partial charge < -0.3 is 29.3 Å². The van der Waals surface area contributed by atoms with Crippen molar-refractivity contribution in [3.8, 4) is 0 Å². The van der Waals surface area contributed by atoms with Crippen molar-refractivity contribution in [2.75, 3.05) is 45.9 Å². The highest BCUT2D eigenvalue weighted by Crippen LogP contribution is 2.24. The zero-order valence-electron chi connectivity index (χ0n) is 17.5. The summed E-state index contributed by atoms with van der Waals surface area (Å²) in [6, 6.07) is 7.60. The molecule has 29 heavy (non-hydrogen) atoms. The number of guanidine groups is 1. The third-order valence-corrected chi connectivity index (χ3v) is 4.98. The van der Waals surface area contributed by atoms with E-state index >= 15 is 0 Å². The largest absolute Gasteiger partial charge is 0.466 e. The number of furan rings is 2. The Balaban J connectivity index is 1.68. The molecule has 8 nitrogen and oxygen atoms in total. The van der Waals surface area contributed by atoms with Crippen LogP contribution in [0.15, 0.2) is 44.4 Å². The van der Waals surface area contributed by atoms with Crippen LogP contribution >= 0.6 is 0 Å². The number of aliphatic imine (C=N–C) groups is 1. The summed E-state index contributed by atoms with van der Waals surface area (Å²) in [5.74, 6) is 2.96. The summed E-state index contributed by atoms with van der Waals surface area (Å²) in [5.41, 5.74) is -1.17. The fourth-order valence-electron chi connectivity index (χ4n) is 3.36. The van der Waals surface area contributed by atoms with Crippen molar-refractivity contribution >= 4 is 5.96 Å². The third kappa shape index (κ3) is 5.85. The number of ether oxygens (including phenoxy) is 1. The van der Waals surface area contributed by atoms with Gasteiger partial charge in [0.25, 0.3) is 0 Å². The van der Waals surface area contributed by atoms with Crippen LogP contribution in [-0.4, -0.2) is 61.9 Å². The van der Waals surface area contributed by atoms with E-state index in [1.807, 2.05) is 26.0 Å². The maximum absolute atomic E-state index is 10.7. The Morgan fingerprint density at radius 2 is 2.07 bits per heavy atom. The quantitative estimate of drug-likeness (QED) is 0.458. The lowest BCUT2D eigenvalue weighted by atomic mass is 10.0. The molecule has 2 unspecified atom stereocenters. The van der Waals surface area contributed by atoms with E-state index in [9.17, 15) is 5.11 Å². The van der Waals surface area contributed by atoms with Gasteiger partial charge in [-0.25, -0.2) is 4.99 Å². The van der Waals surface area contributed by atoms with E-state index in [0.29, 0.717) is 18.3 Å². The van der Waals surface area contributed by atoms with Gasteiger partial charge in [-0.3, -0.25) is 4.90 Å². The number of rotatable bonds is 8. The fourth-order valence-corrected chi connectivity index (χ4v) is 3.36. The fraction of sp³-hybridized carbons (Fsp3) is 0.571. The van der Waals surface area contributed by atoms with Gasteiger partial charge in [-0.1, -0.05) is 0 Å². The molecular formula is C21H32N4O4. The number of hydrogen-bond donors (Lipinski definition) is 3. The van der Waals surface area contributed by atoms with E-state index in [-0.39, 0.29) is 12.6 Å². The van der Waals surface area contributed by atoms with Gasteiger partial charge in [0.1, 0.15) is 22.9 Å². The Kier molecular flexibility index (Phi) is 7.35. The van der Waals surface area contributed by atoms with Crippen molar-refractivity contribution in [3.63, 3.8) is 0 Å². The minimum Gasteiger partial charge on any atom is -0.466 e. The number of aryl methyl sites for hydroxylation is 1. The monoisotopic (exact) mass is 404 g/mol. The van der Waals surface area contributed by atoms with Gasteiger partial charge in [-0.15, -0.1) is 0 Å². The average Bonchev–Trinajstić information content (AvgIpc) is 3.40. The molecular weight excluding hydrogens is 372 g/mol. The van der Waals surface area contributed by atoms with Crippen LogP contribution in [0.2, 0.25) is 0 Å². The number of hydrogen-bond acceptors (Lipinski definition) is 6. The van der Waals surface area contributed by atoms with Gasteiger partial charge in [0.15, 0.2) is 5.96 Å². The summed E-state index contributed by atoms with van der Waals surface area (Å²) in [4.78, 5) is 6.93. The van der Waals surface area contributed by atoms with E-state index in [0.717, 1.165) is 44.4 Å². The molecule has 2 aromatic rings. The maximum Gasteiger partial charge on any atom is 0.191 e. The summed E-state index contributed by atoms with van der Waals surface area (Å²) in [6.07, 6.45) is 1.55. The number of aliphatic hydroxyl groups is 1. The van der Waals surface area contributed by atoms with Crippen LogP contribution in [0.3, 0.4) is 0 Å². The van der Waals surface area contributed by atoms with Crippen LogP contribution in [-0.2, 0) is 10.3 Å². The van der Waals surface area contributed by atoms with E-state index in [2.05, 4.69) is 20.5 Å². The SMILES string of the molecule is CCNC(=NCC(C)(O)c1ccco1)NCC(c1ccc(C)o1)N1CCOCC1.